The second kappa shape index (κ2) is 29.8. The van der Waals surface area contributed by atoms with Gasteiger partial charge in [0.1, 0.15) is 0 Å². The quantitative estimate of drug-likeness (QED) is 0.0840. The molecule has 0 heterocycles. The molecule has 0 fully saturated rings. The first kappa shape index (κ1) is 32.7. The first-order valence-electron chi connectivity index (χ1n) is 14.1. The Labute approximate surface area is 207 Å². The molecule has 0 aliphatic rings. The second-order valence-corrected chi connectivity index (χ2v) is 9.41. The monoisotopic (exact) mass is 471 g/mol. The molecule has 7 nitrogen and oxygen atoms in total. The molecule has 0 aromatic rings. The number of nitrogens with one attached hydrogen (secondary N) is 7. The highest BCUT2D eigenvalue weighted by molar-refractivity contribution is 4.67. The van der Waals surface area contributed by atoms with E-state index in [9.17, 15) is 0 Å². The Morgan fingerprint density at radius 1 is 0.364 bits per heavy atom. The number of hydrogen-bond donors (Lipinski definition) is 7. The summed E-state index contributed by atoms with van der Waals surface area (Å²) in [5, 5.41) is 24.2. The zero-order valence-electron chi connectivity index (χ0n) is 22.6. The minimum atomic E-state index is 0.758. The van der Waals surface area contributed by atoms with Gasteiger partial charge >= 0.3 is 0 Å². The third-order valence-corrected chi connectivity index (χ3v) is 6.13. The van der Waals surface area contributed by atoms with Crippen LogP contribution in [-0.2, 0) is 0 Å². The zero-order valence-corrected chi connectivity index (χ0v) is 22.6. The van der Waals surface area contributed by atoms with Crippen LogP contribution in [0.3, 0.4) is 0 Å². The summed E-state index contributed by atoms with van der Waals surface area (Å²) in [4.78, 5) is 0. The van der Waals surface area contributed by atoms with E-state index in [1.54, 1.807) is 0 Å². The Kier molecular flexibility index (Phi) is 29.5. The molecule has 0 saturated carbocycles. The first-order chi connectivity index (χ1) is 16.3. The van der Waals surface area contributed by atoms with Crippen molar-refractivity contribution in [3.8, 4) is 0 Å². The number of hydrogen-bond acceptors (Lipinski definition) is 7. The van der Waals surface area contributed by atoms with E-state index in [2.05, 4.69) is 37.2 Å². The highest BCUT2D eigenvalue weighted by Crippen LogP contribution is 2.10. The summed E-state index contributed by atoms with van der Waals surface area (Å²) in [7, 11) is 6.09. The fourth-order valence-corrected chi connectivity index (χ4v) is 4.01. The highest BCUT2D eigenvalue weighted by Gasteiger charge is 2.08. The van der Waals surface area contributed by atoms with Gasteiger partial charge in [-0.05, 0) is 150 Å². The molecular weight excluding hydrogens is 410 g/mol. The molecule has 200 valence electrons. The van der Waals surface area contributed by atoms with E-state index in [-0.39, 0.29) is 0 Å². The van der Waals surface area contributed by atoms with E-state index >= 15 is 0 Å². The summed E-state index contributed by atoms with van der Waals surface area (Å²) < 4.78 is 0. The maximum absolute atomic E-state index is 3.74. The Morgan fingerprint density at radius 2 is 0.727 bits per heavy atom. The van der Waals surface area contributed by atoms with Crippen molar-refractivity contribution in [3.63, 3.8) is 0 Å². The summed E-state index contributed by atoms with van der Waals surface area (Å²) in [6.07, 6.45) is 14.3. The van der Waals surface area contributed by atoms with Crippen LogP contribution < -0.4 is 37.2 Å². The van der Waals surface area contributed by atoms with Crippen molar-refractivity contribution in [3.05, 3.63) is 0 Å². The molecule has 0 atom stereocenters. The summed E-state index contributed by atoms with van der Waals surface area (Å²) in [6, 6.07) is 0. The van der Waals surface area contributed by atoms with Gasteiger partial charge in [-0.15, -0.1) is 0 Å². The normalized spacial score (nSPS) is 11.6. The van der Waals surface area contributed by atoms with Crippen molar-refractivity contribution in [1.82, 2.24) is 37.2 Å². The van der Waals surface area contributed by atoms with Gasteiger partial charge in [-0.3, -0.25) is 0 Å². The molecule has 0 aliphatic carbocycles. The lowest BCUT2D eigenvalue weighted by molar-refractivity contribution is 0.394. The van der Waals surface area contributed by atoms with Crippen molar-refractivity contribution in [2.45, 2.75) is 70.6 Å². The second-order valence-electron chi connectivity index (χ2n) is 9.41. The predicted octanol–water partition coefficient (Wildman–Crippen LogP) is 1.91. The summed E-state index contributed by atoms with van der Waals surface area (Å²) >= 11 is 0. The number of unbranched alkanes of at least 4 members (excludes halogenated alkanes) is 5. The van der Waals surface area contributed by atoms with Crippen LogP contribution in [0.2, 0.25) is 0 Å². The molecule has 0 unspecified atom stereocenters. The van der Waals surface area contributed by atoms with Crippen molar-refractivity contribution < 1.29 is 0 Å². The Morgan fingerprint density at radius 3 is 1.21 bits per heavy atom. The first-order valence-corrected chi connectivity index (χ1v) is 14.1. The summed E-state index contributed by atoms with van der Waals surface area (Å²) in [5.41, 5.74) is 0. The molecule has 33 heavy (non-hydrogen) atoms. The minimum Gasteiger partial charge on any atom is -0.320 e. The maximum Gasteiger partial charge on any atom is -0.000838 e. The van der Waals surface area contributed by atoms with E-state index in [0.717, 1.165) is 77.9 Å². The van der Waals surface area contributed by atoms with Crippen LogP contribution in [0.25, 0.3) is 0 Å². The van der Waals surface area contributed by atoms with Gasteiger partial charge in [0.2, 0.25) is 0 Å². The largest absolute Gasteiger partial charge is 0.320 e. The predicted molar refractivity (Wildman–Crippen MR) is 148 cm³/mol. The van der Waals surface area contributed by atoms with E-state index in [1.165, 1.54) is 70.6 Å². The van der Waals surface area contributed by atoms with Gasteiger partial charge in [0.05, 0.1) is 0 Å². The zero-order chi connectivity index (χ0) is 24.1. The molecule has 0 amide bonds. The van der Waals surface area contributed by atoms with E-state index in [0.29, 0.717) is 0 Å². The van der Waals surface area contributed by atoms with Crippen molar-refractivity contribution >= 4 is 0 Å². The average Bonchev–Trinajstić information content (AvgIpc) is 2.83. The van der Waals surface area contributed by atoms with Gasteiger partial charge in [-0.1, -0.05) is 19.3 Å². The molecule has 0 saturated heterocycles. The highest BCUT2D eigenvalue weighted by atomic mass is 14.9. The summed E-state index contributed by atoms with van der Waals surface area (Å²) in [5.74, 6) is 0.758. The van der Waals surface area contributed by atoms with Gasteiger partial charge < -0.3 is 37.2 Å². The molecule has 0 spiro atoms. The smallest absolute Gasteiger partial charge is 0.000838 e. The van der Waals surface area contributed by atoms with Crippen LogP contribution in [0.15, 0.2) is 0 Å². The minimum absolute atomic E-state index is 0.758. The van der Waals surface area contributed by atoms with Gasteiger partial charge in [-0.2, -0.15) is 0 Å². The lowest BCUT2D eigenvalue weighted by Crippen LogP contribution is -2.32. The molecule has 0 rings (SSSR count). The molecular formula is C26H61N7. The van der Waals surface area contributed by atoms with Crippen LogP contribution in [-0.4, -0.2) is 93.1 Å². The lowest BCUT2D eigenvalue weighted by Gasteiger charge is -2.19. The van der Waals surface area contributed by atoms with E-state index in [4.69, 9.17) is 0 Å². The molecule has 7 N–H and O–H groups in total. The molecule has 0 aromatic heterocycles. The average molecular weight is 472 g/mol. The lowest BCUT2D eigenvalue weighted by atomic mass is 10.00. The molecule has 0 bridgehead atoms. The Balaban J connectivity index is 3.79. The third kappa shape index (κ3) is 27.8. The standard InChI is InChI=1S/C26H61N7/c1-27-15-7-5-4-6-14-26(24-32-20-10-8-18-30-22-12-16-28-2)25-33-21-11-9-19-31-23-13-17-29-3/h26-33H,4-25H2,1-3H3. The third-order valence-electron chi connectivity index (χ3n) is 6.13. The maximum atomic E-state index is 3.74. The van der Waals surface area contributed by atoms with Crippen LogP contribution in [0.4, 0.5) is 0 Å². The van der Waals surface area contributed by atoms with Crippen LogP contribution in [0.1, 0.15) is 70.6 Å². The number of rotatable bonds is 29. The van der Waals surface area contributed by atoms with Crippen LogP contribution in [0, 0.1) is 5.92 Å². The summed E-state index contributed by atoms with van der Waals surface area (Å²) in [6.45, 7) is 12.5. The van der Waals surface area contributed by atoms with Gasteiger partial charge in [-0.25, -0.2) is 0 Å². The van der Waals surface area contributed by atoms with Crippen molar-refractivity contribution in [2.75, 3.05) is 93.1 Å². The van der Waals surface area contributed by atoms with Crippen LogP contribution >= 0.6 is 0 Å². The van der Waals surface area contributed by atoms with E-state index in [1.807, 2.05) is 21.1 Å². The molecule has 0 radical (unpaired) electrons. The fraction of sp³-hybridized carbons (Fsp3) is 1.00. The van der Waals surface area contributed by atoms with Gasteiger partial charge in [0.15, 0.2) is 0 Å². The van der Waals surface area contributed by atoms with Gasteiger partial charge in [0.25, 0.3) is 0 Å². The SMILES string of the molecule is CNCCCCCCC(CNCCCCNCCCNC)CNCCCCNCCCNC. The Hall–Kier alpha value is -0.280. The van der Waals surface area contributed by atoms with Crippen molar-refractivity contribution in [1.29, 1.82) is 0 Å². The van der Waals surface area contributed by atoms with Crippen LogP contribution in [0.5, 0.6) is 0 Å². The van der Waals surface area contributed by atoms with Gasteiger partial charge in [0, 0.05) is 0 Å². The molecule has 0 aliphatic heterocycles. The molecule has 0 aromatic carbocycles. The Bertz CT molecular complexity index is 321. The van der Waals surface area contributed by atoms with E-state index < -0.39 is 0 Å². The molecule has 7 heteroatoms. The topological polar surface area (TPSA) is 84.2 Å². The van der Waals surface area contributed by atoms with Crippen molar-refractivity contribution in [2.24, 2.45) is 5.92 Å². The fourth-order valence-electron chi connectivity index (χ4n) is 4.01.